The number of benzene rings is 1. The molecule has 0 spiro atoms. The van der Waals surface area contributed by atoms with Gasteiger partial charge in [0, 0.05) is 24.8 Å². The molecule has 0 unspecified atom stereocenters. The lowest BCUT2D eigenvalue weighted by Crippen LogP contribution is -2.35. The third-order valence-electron chi connectivity index (χ3n) is 2.94. The Balaban J connectivity index is 1.77. The van der Waals surface area contributed by atoms with Gasteiger partial charge in [-0.15, -0.1) is 0 Å². The second-order valence-electron chi connectivity index (χ2n) is 5.20. The lowest BCUT2D eigenvalue weighted by Gasteiger charge is -2.08. The van der Waals surface area contributed by atoms with Gasteiger partial charge in [0.1, 0.15) is 0 Å². The number of rotatable bonds is 6. The summed E-state index contributed by atoms with van der Waals surface area (Å²) in [5, 5.41) is 7.24. The van der Waals surface area contributed by atoms with Gasteiger partial charge in [-0.3, -0.25) is 4.79 Å². The van der Waals surface area contributed by atoms with E-state index in [9.17, 15) is 4.79 Å². The second-order valence-corrected chi connectivity index (χ2v) is 5.20. The van der Waals surface area contributed by atoms with Gasteiger partial charge in [-0.2, -0.15) is 0 Å². The molecule has 0 fully saturated rings. The summed E-state index contributed by atoms with van der Waals surface area (Å²) in [5.41, 5.74) is 2.32. The molecule has 0 aliphatic carbocycles. The number of amides is 1. The average molecular weight is 259 g/mol. The zero-order valence-corrected chi connectivity index (χ0v) is 11.5. The van der Waals surface area contributed by atoms with Crippen molar-refractivity contribution < 1.29 is 4.79 Å². The van der Waals surface area contributed by atoms with E-state index in [1.807, 2.05) is 12.3 Å². The number of H-pyrrole nitrogens is 1. The molecular weight excluding hydrogens is 238 g/mol. The highest BCUT2D eigenvalue weighted by molar-refractivity contribution is 5.80. The van der Waals surface area contributed by atoms with Crippen molar-refractivity contribution in [1.29, 1.82) is 0 Å². The number of hydrogen-bond acceptors (Lipinski definition) is 2. The van der Waals surface area contributed by atoms with E-state index in [4.69, 9.17) is 0 Å². The first-order valence-corrected chi connectivity index (χ1v) is 6.68. The zero-order chi connectivity index (χ0) is 13.7. The van der Waals surface area contributed by atoms with Gasteiger partial charge >= 0.3 is 0 Å². The molecule has 2 rings (SSSR count). The Bertz CT molecular complexity index is 545. The molecule has 0 bridgehead atoms. The number of aromatic amines is 1. The lowest BCUT2D eigenvalue weighted by atomic mass is 10.1. The predicted molar refractivity (Wildman–Crippen MR) is 77.9 cm³/mol. The molecule has 19 heavy (non-hydrogen) atoms. The first-order valence-electron chi connectivity index (χ1n) is 6.68. The van der Waals surface area contributed by atoms with Crippen LogP contribution in [-0.2, 0) is 11.3 Å². The predicted octanol–water partition coefficient (Wildman–Crippen LogP) is 2.03. The van der Waals surface area contributed by atoms with Crippen LogP contribution in [0.1, 0.15) is 19.4 Å². The van der Waals surface area contributed by atoms with Crippen molar-refractivity contribution in [2.45, 2.75) is 20.4 Å². The summed E-state index contributed by atoms with van der Waals surface area (Å²) in [7, 11) is 0. The molecule has 0 aliphatic heterocycles. The summed E-state index contributed by atoms with van der Waals surface area (Å²) in [6.45, 7) is 5.96. The van der Waals surface area contributed by atoms with Crippen LogP contribution in [-0.4, -0.2) is 24.0 Å². The van der Waals surface area contributed by atoms with Crippen LogP contribution in [0.5, 0.6) is 0 Å². The molecule has 0 saturated heterocycles. The highest BCUT2D eigenvalue weighted by Crippen LogP contribution is 2.13. The number of nitrogens with one attached hydrogen (secondary N) is 3. The van der Waals surface area contributed by atoms with Gasteiger partial charge in [0.15, 0.2) is 0 Å². The van der Waals surface area contributed by atoms with E-state index in [-0.39, 0.29) is 5.91 Å². The Kier molecular flexibility index (Phi) is 4.58. The lowest BCUT2D eigenvalue weighted by molar-refractivity contribution is -0.120. The normalized spacial score (nSPS) is 11.1. The smallest absolute Gasteiger partial charge is 0.233 e. The molecule has 0 atom stereocenters. The van der Waals surface area contributed by atoms with Crippen LogP contribution in [0.15, 0.2) is 30.5 Å². The maximum absolute atomic E-state index is 11.5. The van der Waals surface area contributed by atoms with Gasteiger partial charge in [-0.25, -0.2) is 0 Å². The highest BCUT2D eigenvalue weighted by Gasteiger charge is 2.02. The van der Waals surface area contributed by atoms with Crippen LogP contribution < -0.4 is 10.6 Å². The van der Waals surface area contributed by atoms with Gasteiger partial charge in [-0.1, -0.05) is 19.9 Å². The maximum atomic E-state index is 11.5. The summed E-state index contributed by atoms with van der Waals surface area (Å²) >= 11 is 0. The fourth-order valence-corrected chi connectivity index (χ4v) is 1.91. The minimum absolute atomic E-state index is 0.0522. The van der Waals surface area contributed by atoms with Crippen molar-refractivity contribution in [1.82, 2.24) is 15.6 Å². The topological polar surface area (TPSA) is 56.9 Å². The fraction of sp³-hybridized carbons (Fsp3) is 0.400. The van der Waals surface area contributed by atoms with Gasteiger partial charge < -0.3 is 15.6 Å². The number of hydrogen-bond donors (Lipinski definition) is 3. The molecule has 3 N–H and O–H groups in total. The van der Waals surface area contributed by atoms with Crippen LogP contribution >= 0.6 is 0 Å². The third-order valence-corrected chi connectivity index (χ3v) is 2.94. The summed E-state index contributed by atoms with van der Waals surface area (Å²) < 4.78 is 0. The highest BCUT2D eigenvalue weighted by atomic mass is 16.1. The zero-order valence-electron chi connectivity index (χ0n) is 11.5. The molecule has 0 saturated carbocycles. The van der Waals surface area contributed by atoms with Crippen LogP contribution in [0, 0.1) is 5.92 Å². The van der Waals surface area contributed by atoms with Gasteiger partial charge in [0.05, 0.1) is 6.54 Å². The Labute approximate surface area is 113 Å². The van der Waals surface area contributed by atoms with E-state index in [0.29, 0.717) is 19.0 Å². The van der Waals surface area contributed by atoms with Crippen molar-refractivity contribution in [3.05, 3.63) is 36.0 Å². The monoisotopic (exact) mass is 259 g/mol. The molecule has 2 aromatic rings. The van der Waals surface area contributed by atoms with E-state index in [1.54, 1.807) is 0 Å². The molecule has 0 radical (unpaired) electrons. The number of carbonyl (C=O) groups excluding carboxylic acids is 1. The molecule has 1 aromatic heterocycles. The summed E-state index contributed by atoms with van der Waals surface area (Å²) in [5.74, 6) is 0.538. The molecule has 102 valence electrons. The van der Waals surface area contributed by atoms with Crippen molar-refractivity contribution in [2.75, 3.05) is 13.1 Å². The second kappa shape index (κ2) is 6.38. The largest absolute Gasteiger partial charge is 0.361 e. The van der Waals surface area contributed by atoms with Crippen molar-refractivity contribution >= 4 is 16.8 Å². The van der Waals surface area contributed by atoms with Crippen LogP contribution in [0.3, 0.4) is 0 Å². The minimum Gasteiger partial charge on any atom is -0.361 e. The molecule has 1 amide bonds. The van der Waals surface area contributed by atoms with E-state index in [1.165, 1.54) is 10.9 Å². The Hall–Kier alpha value is -1.81. The number of aromatic nitrogens is 1. The molecular formula is C15H21N3O. The van der Waals surface area contributed by atoms with Crippen molar-refractivity contribution in [3.63, 3.8) is 0 Å². The number of carbonyl (C=O) groups is 1. The average Bonchev–Trinajstić information content (AvgIpc) is 2.83. The van der Waals surface area contributed by atoms with Crippen LogP contribution in [0.25, 0.3) is 10.9 Å². The van der Waals surface area contributed by atoms with E-state index < -0.39 is 0 Å². The van der Waals surface area contributed by atoms with Gasteiger partial charge in [0.2, 0.25) is 5.91 Å². The summed E-state index contributed by atoms with van der Waals surface area (Å²) in [6, 6.07) is 8.31. The van der Waals surface area contributed by atoms with Gasteiger partial charge in [0.25, 0.3) is 0 Å². The quantitative estimate of drug-likeness (QED) is 0.743. The molecule has 1 aromatic carbocycles. The Morgan fingerprint density at radius 1 is 1.32 bits per heavy atom. The van der Waals surface area contributed by atoms with Crippen LogP contribution in [0.4, 0.5) is 0 Å². The Morgan fingerprint density at radius 2 is 2.16 bits per heavy atom. The van der Waals surface area contributed by atoms with E-state index in [0.717, 1.165) is 12.1 Å². The third kappa shape index (κ3) is 4.10. The first kappa shape index (κ1) is 13.6. The molecule has 1 heterocycles. The maximum Gasteiger partial charge on any atom is 0.233 e. The molecule has 4 nitrogen and oxygen atoms in total. The van der Waals surface area contributed by atoms with Crippen molar-refractivity contribution in [2.24, 2.45) is 5.92 Å². The van der Waals surface area contributed by atoms with Gasteiger partial charge in [-0.05, 0) is 35.1 Å². The first-order chi connectivity index (χ1) is 9.15. The molecule has 4 heteroatoms. The summed E-state index contributed by atoms with van der Waals surface area (Å²) in [4.78, 5) is 14.7. The fourth-order valence-electron chi connectivity index (χ4n) is 1.91. The van der Waals surface area contributed by atoms with Crippen molar-refractivity contribution in [3.8, 4) is 0 Å². The molecule has 0 aliphatic rings. The van der Waals surface area contributed by atoms with E-state index in [2.05, 4.69) is 47.7 Å². The number of fused-ring (bicyclic) bond motifs is 1. The summed E-state index contributed by atoms with van der Waals surface area (Å²) in [6.07, 6.45) is 1.93. The van der Waals surface area contributed by atoms with Crippen LogP contribution in [0.2, 0.25) is 0 Å². The SMILES string of the molecule is CC(C)CNC(=O)CNCc1ccc2[nH]ccc2c1. The minimum atomic E-state index is 0.0522. The standard InChI is InChI=1S/C15H21N3O/c1-11(2)8-18-15(19)10-16-9-12-3-4-14-13(7-12)5-6-17-14/h3-7,11,16-17H,8-10H2,1-2H3,(H,18,19). The Morgan fingerprint density at radius 3 is 2.95 bits per heavy atom. The van der Waals surface area contributed by atoms with E-state index >= 15 is 0 Å².